The van der Waals surface area contributed by atoms with Crippen molar-refractivity contribution in [3.63, 3.8) is 0 Å². The summed E-state index contributed by atoms with van der Waals surface area (Å²) in [6, 6.07) is 0. The Hall–Kier alpha value is -0.430. The lowest BCUT2D eigenvalue weighted by Crippen LogP contribution is -1.84. The van der Waals surface area contributed by atoms with Gasteiger partial charge in [0.25, 0.3) is 0 Å². The number of rotatable bonds is 1. The topological polar surface area (TPSA) is 61.0 Å². The normalized spacial score (nSPS) is 9.80. The third-order valence-electron chi connectivity index (χ3n) is 0.820. The van der Waals surface area contributed by atoms with E-state index in [9.17, 15) is 10.1 Å². The first-order chi connectivity index (χ1) is 4.61. The van der Waals surface area contributed by atoms with E-state index in [1.807, 2.05) is 0 Å². The average Bonchev–Trinajstić information content (AvgIpc) is 2.10. The van der Waals surface area contributed by atoms with Crippen LogP contribution in [0.5, 0.6) is 0 Å². The Balaban J connectivity index is 3.15. The van der Waals surface area contributed by atoms with Crippen LogP contribution in [0.15, 0.2) is 10.8 Å². The molecule has 0 saturated heterocycles. The highest BCUT2D eigenvalue weighted by molar-refractivity contribution is 9.10. The van der Waals surface area contributed by atoms with Gasteiger partial charge in [0.2, 0.25) is 4.60 Å². The largest absolute Gasteiger partial charge is 0.322 e. The van der Waals surface area contributed by atoms with Crippen molar-refractivity contribution < 1.29 is 4.92 Å². The molecule has 7 heteroatoms. The average molecular weight is 271 g/mol. The highest BCUT2D eigenvalue weighted by Gasteiger charge is 2.15. The van der Waals surface area contributed by atoms with Gasteiger partial charge in [-0.15, -0.1) is 5.10 Å². The van der Waals surface area contributed by atoms with Crippen LogP contribution in [0.25, 0.3) is 0 Å². The lowest BCUT2D eigenvalue weighted by molar-refractivity contribution is -0.385. The van der Waals surface area contributed by atoms with Crippen molar-refractivity contribution in [2.24, 2.45) is 0 Å². The Morgan fingerprint density at radius 2 is 2.40 bits per heavy atom. The molecule has 0 aliphatic heterocycles. The van der Waals surface area contributed by atoms with Gasteiger partial charge in [-0.25, -0.2) is 0 Å². The second-order valence-corrected chi connectivity index (χ2v) is 2.93. The molecule has 0 aliphatic rings. The summed E-state index contributed by atoms with van der Waals surface area (Å²) in [6.45, 7) is 0. The van der Waals surface area contributed by atoms with Crippen LogP contribution < -0.4 is 0 Å². The maximum Gasteiger partial charge on any atom is 0.322 e. The summed E-state index contributed by atoms with van der Waals surface area (Å²) in [6.07, 6.45) is 1.25. The van der Waals surface area contributed by atoms with Crippen molar-refractivity contribution in [3.8, 4) is 0 Å². The number of hydrogen-bond acceptors (Lipinski definition) is 3. The summed E-state index contributed by atoms with van der Waals surface area (Å²) in [5, 5.41) is 13.8. The van der Waals surface area contributed by atoms with E-state index in [4.69, 9.17) is 0 Å². The van der Waals surface area contributed by atoms with Crippen molar-refractivity contribution >= 4 is 37.8 Å². The third-order valence-corrected chi connectivity index (χ3v) is 1.75. The van der Waals surface area contributed by atoms with Crippen LogP contribution in [0.1, 0.15) is 0 Å². The zero-order chi connectivity index (χ0) is 7.72. The molecule has 0 amide bonds. The Labute approximate surface area is 72.6 Å². The molecule has 5 nitrogen and oxygen atoms in total. The van der Waals surface area contributed by atoms with Crippen molar-refractivity contribution in [2.75, 3.05) is 0 Å². The SMILES string of the molecule is O=[N+]([O-])c1cn(Br)nc1Br. The molecule has 0 atom stereocenters. The van der Waals surface area contributed by atoms with Crippen LogP contribution in [0, 0.1) is 10.1 Å². The van der Waals surface area contributed by atoms with Crippen molar-refractivity contribution in [3.05, 3.63) is 20.9 Å². The van der Waals surface area contributed by atoms with Gasteiger partial charge in [0.1, 0.15) is 6.20 Å². The van der Waals surface area contributed by atoms with E-state index < -0.39 is 4.92 Å². The molecular weight excluding hydrogens is 270 g/mol. The molecule has 0 aliphatic carbocycles. The van der Waals surface area contributed by atoms with Gasteiger partial charge in [-0.05, 0) is 15.9 Å². The molecule has 0 N–H and O–H groups in total. The lowest BCUT2D eigenvalue weighted by atomic mass is 10.6. The van der Waals surface area contributed by atoms with E-state index in [2.05, 4.69) is 37.2 Å². The predicted molar refractivity (Wildman–Crippen MR) is 40.9 cm³/mol. The van der Waals surface area contributed by atoms with E-state index in [0.29, 0.717) is 0 Å². The van der Waals surface area contributed by atoms with Crippen LogP contribution in [-0.2, 0) is 0 Å². The highest BCUT2D eigenvalue weighted by Crippen LogP contribution is 2.22. The number of nitrogens with zero attached hydrogens (tertiary/aromatic N) is 3. The maximum absolute atomic E-state index is 10.1. The zero-order valence-electron chi connectivity index (χ0n) is 4.49. The zero-order valence-corrected chi connectivity index (χ0v) is 7.66. The third kappa shape index (κ3) is 1.35. The molecule has 0 radical (unpaired) electrons. The molecule has 54 valence electrons. The van der Waals surface area contributed by atoms with Crippen LogP contribution in [-0.4, -0.2) is 13.7 Å². The van der Waals surface area contributed by atoms with Gasteiger partial charge >= 0.3 is 5.69 Å². The Kier molecular flexibility index (Phi) is 2.05. The van der Waals surface area contributed by atoms with Gasteiger partial charge in [-0.3, -0.25) is 10.1 Å². The molecule has 10 heavy (non-hydrogen) atoms. The molecule has 0 unspecified atom stereocenters. The second-order valence-electron chi connectivity index (χ2n) is 1.45. The number of nitro groups is 1. The molecule has 1 aromatic rings. The smallest absolute Gasteiger partial charge is 0.258 e. The fraction of sp³-hybridized carbons (Fsp3) is 0. The van der Waals surface area contributed by atoms with Crippen LogP contribution in [0.4, 0.5) is 5.69 Å². The predicted octanol–water partition coefficient (Wildman–Crippen LogP) is 1.71. The fourth-order valence-corrected chi connectivity index (χ4v) is 1.42. The van der Waals surface area contributed by atoms with Crippen molar-refractivity contribution in [2.45, 2.75) is 0 Å². The van der Waals surface area contributed by atoms with E-state index in [-0.39, 0.29) is 10.3 Å². The summed E-state index contributed by atoms with van der Waals surface area (Å²) in [5.41, 5.74) is -0.0584. The molecule has 0 aromatic carbocycles. The monoisotopic (exact) mass is 269 g/mol. The first kappa shape index (κ1) is 7.67. The first-order valence-electron chi connectivity index (χ1n) is 2.17. The molecule has 0 spiro atoms. The Morgan fingerprint density at radius 1 is 1.80 bits per heavy atom. The summed E-state index contributed by atoms with van der Waals surface area (Å²) < 4.78 is 1.41. The second kappa shape index (κ2) is 2.67. The van der Waals surface area contributed by atoms with Gasteiger partial charge in [0, 0.05) is 0 Å². The van der Waals surface area contributed by atoms with Crippen molar-refractivity contribution in [1.29, 1.82) is 0 Å². The van der Waals surface area contributed by atoms with Gasteiger partial charge in [0.15, 0.2) is 0 Å². The van der Waals surface area contributed by atoms with Gasteiger partial charge in [0.05, 0.1) is 21.1 Å². The molecule has 1 heterocycles. The molecule has 1 rings (SSSR count). The van der Waals surface area contributed by atoms with Gasteiger partial charge < -0.3 is 0 Å². The fourth-order valence-electron chi connectivity index (χ4n) is 0.441. The van der Waals surface area contributed by atoms with Gasteiger partial charge in [-0.1, -0.05) is 0 Å². The van der Waals surface area contributed by atoms with E-state index in [0.717, 1.165) is 0 Å². The molecule has 0 fully saturated rings. The quantitative estimate of drug-likeness (QED) is 0.577. The minimum Gasteiger partial charge on any atom is -0.258 e. The molecule has 0 bridgehead atoms. The summed E-state index contributed by atoms with van der Waals surface area (Å²) in [7, 11) is 0. The molecular formula is C3HBr2N3O2. The van der Waals surface area contributed by atoms with Crippen molar-refractivity contribution in [1.82, 2.24) is 8.81 Å². The number of halogens is 2. The van der Waals surface area contributed by atoms with E-state index in [1.54, 1.807) is 0 Å². The molecule has 0 saturated carbocycles. The Morgan fingerprint density at radius 3 is 2.60 bits per heavy atom. The van der Waals surface area contributed by atoms with Crippen LogP contribution in [0.3, 0.4) is 0 Å². The number of hydrogen-bond donors (Lipinski definition) is 0. The lowest BCUT2D eigenvalue weighted by Gasteiger charge is -1.80. The summed E-state index contributed by atoms with van der Waals surface area (Å²) in [5.74, 6) is 0. The minimum absolute atomic E-state index is 0.0584. The first-order valence-corrected chi connectivity index (χ1v) is 3.67. The van der Waals surface area contributed by atoms with Crippen LogP contribution in [0.2, 0.25) is 0 Å². The minimum atomic E-state index is -0.519. The summed E-state index contributed by atoms with van der Waals surface area (Å²) in [4.78, 5) is 9.62. The maximum atomic E-state index is 10.1. The van der Waals surface area contributed by atoms with Gasteiger partial charge in [-0.2, -0.15) is 3.71 Å². The van der Waals surface area contributed by atoms with E-state index in [1.165, 1.54) is 9.90 Å². The Bertz CT molecular complexity index is 271. The summed E-state index contributed by atoms with van der Waals surface area (Å²) >= 11 is 5.84. The van der Waals surface area contributed by atoms with Crippen LogP contribution >= 0.6 is 32.1 Å². The molecule has 1 aromatic heterocycles. The highest BCUT2D eigenvalue weighted by atomic mass is 79.9. The number of aromatic nitrogens is 2. The van der Waals surface area contributed by atoms with E-state index >= 15 is 0 Å². The standard InChI is InChI=1S/C3HBr2N3O2/c4-3-2(8(9)10)1-7(5)6-3/h1H.